The van der Waals surface area contributed by atoms with E-state index in [0.717, 1.165) is 6.07 Å². The van der Waals surface area contributed by atoms with Crippen LogP contribution in [0.4, 0.5) is 8.78 Å². The van der Waals surface area contributed by atoms with Gasteiger partial charge in [0.05, 0.1) is 4.55 Å². The van der Waals surface area contributed by atoms with Crippen molar-refractivity contribution < 1.29 is 40.4 Å². The first-order valence-electron chi connectivity index (χ1n) is 9.40. The van der Waals surface area contributed by atoms with E-state index in [1.54, 1.807) is 30.3 Å². The molecule has 2 aliphatic rings. The standard InChI is InChI=1S/C18H16B3F2NO7S/c19-16(10-6-7-11-12(8-10)29-18(22,23)28-11)14(25)13(15(24)30-16)31-32(26,27)17(20,21)9-4-2-1-3-5-9/h1-8H,19-21,24H2. The number of ketones is 1. The van der Waals surface area contributed by atoms with Gasteiger partial charge in [-0.05, 0) is 23.3 Å². The van der Waals surface area contributed by atoms with Gasteiger partial charge in [-0.15, -0.1) is 8.78 Å². The largest absolute Gasteiger partial charge is 0.586 e. The lowest BCUT2D eigenvalue weighted by Gasteiger charge is -2.26. The number of rotatable bonds is 5. The number of carbonyl (C=O) groups excluding carboxylic acids is 1. The Kier molecular flexibility index (Phi) is 4.78. The maximum absolute atomic E-state index is 13.3. The molecule has 4 rings (SSSR count). The van der Waals surface area contributed by atoms with Crippen LogP contribution in [0.2, 0.25) is 0 Å². The third-order valence-corrected chi connectivity index (χ3v) is 7.29. The molecule has 2 aromatic carbocycles. The van der Waals surface area contributed by atoms with Crippen LogP contribution in [0.25, 0.3) is 0 Å². The number of Topliss-reactive ketones (excluding diaryl/α,β-unsaturated/α-hetero) is 1. The summed E-state index contributed by atoms with van der Waals surface area (Å²) in [7, 11) is -0.248. The van der Waals surface area contributed by atoms with Gasteiger partial charge in [-0.3, -0.25) is 4.79 Å². The molecule has 0 aromatic heterocycles. The highest BCUT2D eigenvalue weighted by molar-refractivity contribution is 7.90. The Labute approximate surface area is 185 Å². The number of fused-ring (bicyclic) bond motifs is 1. The molecule has 2 N–H and O–H groups in total. The van der Waals surface area contributed by atoms with E-state index in [1.165, 1.54) is 35.7 Å². The molecule has 0 saturated heterocycles. The summed E-state index contributed by atoms with van der Waals surface area (Å²) in [4.78, 5) is 13.1. The van der Waals surface area contributed by atoms with Gasteiger partial charge in [-0.25, -0.2) is 0 Å². The maximum Gasteiger partial charge on any atom is 0.586 e. The Morgan fingerprint density at radius 3 is 2.28 bits per heavy atom. The molecule has 0 fully saturated rings. The van der Waals surface area contributed by atoms with Gasteiger partial charge in [-0.2, -0.15) is 8.42 Å². The average molecular weight is 461 g/mol. The van der Waals surface area contributed by atoms with Gasteiger partial charge in [0, 0.05) is 0 Å². The highest BCUT2D eigenvalue weighted by Gasteiger charge is 2.52. The summed E-state index contributed by atoms with van der Waals surface area (Å²) in [5.74, 6) is -2.67. The van der Waals surface area contributed by atoms with Gasteiger partial charge in [-0.1, -0.05) is 36.4 Å². The minimum atomic E-state index is -4.40. The Bertz CT molecular complexity index is 1250. The average Bonchev–Trinajstić information content (AvgIpc) is 3.14. The van der Waals surface area contributed by atoms with E-state index in [2.05, 4.69) is 9.47 Å². The molecule has 2 aliphatic heterocycles. The molecule has 2 heterocycles. The Morgan fingerprint density at radius 2 is 1.62 bits per heavy atom. The van der Waals surface area contributed by atoms with Crippen molar-refractivity contribution in [3.63, 3.8) is 0 Å². The first kappa shape index (κ1) is 22.1. The van der Waals surface area contributed by atoms with E-state index in [1.807, 2.05) is 0 Å². The fraction of sp³-hybridized carbons (Fsp3) is 0.167. The quantitative estimate of drug-likeness (QED) is 0.444. The van der Waals surface area contributed by atoms with Crippen molar-refractivity contribution in [2.75, 3.05) is 0 Å². The number of ether oxygens (including phenoxy) is 3. The topological polar surface area (TPSA) is 114 Å². The van der Waals surface area contributed by atoms with Crippen molar-refractivity contribution >= 4 is 39.4 Å². The molecule has 0 saturated carbocycles. The summed E-state index contributed by atoms with van der Waals surface area (Å²) < 4.78 is 70.6. The van der Waals surface area contributed by atoms with Gasteiger partial charge >= 0.3 is 16.4 Å². The first-order chi connectivity index (χ1) is 14.8. The van der Waals surface area contributed by atoms with Crippen molar-refractivity contribution in [2.24, 2.45) is 5.73 Å². The number of hydrogen-bond acceptors (Lipinski definition) is 8. The predicted molar refractivity (Wildman–Crippen MR) is 115 cm³/mol. The summed E-state index contributed by atoms with van der Waals surface area (Å²) in [5.41, 5.74) is 4.49. The Balaban J connectivity index is 1.63. The fourth-order valence-corrected chi connectivity index (χ4v) is 4.36. The summed E-state index contributed by atoms with van der Waals surface area (Å²) >= 11 is 0. The van der Waals surface area contributed by atoms with Crippen LogP contribution >= 0.6 is 0 Å². The molecular formula is C18H16B3F2NO7S. The Morgan fingerprint density at radius 1 is 1.00 bits per heavy atom. The smallest absolute Gasteiger partial charge is 0.467 e. The Hall–Kier alpha value is -3.15. The zero-order chi connectivity index (χ0) is 23.5. The van der Waals surface area contributed by atoms with Gasteiger partial charge in [0.25, 0.3) is 0 Å². The van der Waals surface area contributed by atoms with Crippen molar-refractivity contribution in [1.82, 2.24) is 0 Å². The fourth-order valence-electron chi connectivity index (χ4n) is 3.35. The van der Waals surface area contributed by atoms with E-state index >= 15 is 0 Å². The summed E-state index contributed by atoms with van der Waals surface area (Å²) in [6.45, 7) is 0. The van der Waals surface area contributed by atoms with E-state index in [-0.39, 0.29) is 17.1 Å². The van der Waals surface area contributed by atoms with Gasteiger partial charge in [0.2, 0.25) is 17.4 Å². The molecule has 164 valence electrons. The summed E-state index contributed by atoms with van der Waals surface area (Å²) in [6.07, 6.45) is -3.84. The van der Waals surface area contributed by atoms with E-state index in [0.29, 0.717) is 5.56 Å². The second-order valence-corrected chi connectivity index (χ2v) is 10.00. The number of nitrogens with two attached hydrogens (primary N) is 1. The number of hydrogen-bond donors (Lipinski definition) is 1. The molecule has 1 atom stereocenters. The van der Waals surface area contributed by atoms with Crippen LogP contribution in [-0.4, -0.2) is 44.0 Å². The summed E-state index contributed by atoms with van der Waals surface area (Å²) in [6, 6.07) is 11.9. The highest BCUT2D eigenvalue weighted by Crippen LogP contribution is 2.45. The molecule has 0 radical (unpaired) electrons. The zero-order valence-electron chi connectivity index (χ0n) is 17.2. The molecule has 0 spiro atoms. The lowest BCUT2D eigenvalue weighted by atomic mass is 9.65. The van der Waals surface area contributed by atoms with E-state index in [4.69, 9.17) is 14.7 Å². The van der Waals surface area contributed by atoms with E-state index < -0.39 is 43.9 Å². The second kappa shape index (κ2) is 6.93. The molecule has 0 bridgehead atoms. The van der Waals surface area contributed by atoms with Crippen LogP contribution < -0.4 is 15.2 Å². The highest BCUT2D eigenvalue weighted by atomic mass is 32.2. The van der Waals surface area contributed by atoms with Gasteiger partial charge < -0.3 is 24.1 Å². The third kappa shape index (κ3) is 3.38. The molecule has 2 aromatic rings. The third-order valence-electron chi connectivity index (χ3n) is 5.42. The SMILES string of the molecule is BC1(c2ccc3c(c2)OC(F)(F)O3)OC(N)=C(OS(=O)(=O)C(B)(B)c2ccccc2)C1=O. The van der Waals surface area contributed by atoms with Crippen LogP contribution in [0.3, 0.4) is 0 Å². The number of carbonyl (C=O) groups is 1. The van der Waals surface area contributed by atoms with Crippen LogP contribution in [0.15, 0.2) is 60.2 Å². The minimum absolute atomic E-state index is 0.0869. The second-order valence-electron chi connectivity index (χ2n) is 7.90. The zero-order valence-corrected chi connectivity index (χ0v) is 18.0. The predicted octanol–water partition coefficient (Wildman–Crippen LogP) is -1.06. The van der Waals surface area contributed by atoms with Gasteiger partial charge in [0.1, 0.15) is 15.7 Å². The van der Waals surface area contributed by atoms with Crippen LogP contribution in [0.1, 0.15) is 11.1 Å². The van der Waals surface area contributed by atoms with Crippen LogP contribution in [0, 0.1) is 0 Å². The van der Waals surface area contributed by atoms with Gasteiger partial charge in [0.15, 0.2) is 24.8 Å². The molecule has 0 amide bonds. The number of alkyl halides is 2. The lowest BCUT2D eigenvalue weighted by Crippen LogP contribution is -2.40. The van der Waals surface area contributed by atoms with Crippen molar-refractivity contribution in [2.45, 2.75) is 16.3 Å². The van der Waals surface area contributed by atoms with Crippen molar-refractivity contribution in [3.8, 4) is 11.5 Å². The maximum atomic E-state index is 13.3. The normalized spacial score (nSPS) is 22.0. The minimum Gasteiger partial charge on any atom is -0.467 e. The molecule has 14 heteroatoms. The first-order valence-corrected chi connectivity index (χ1v) is 10.8. The van der Waals surface area contributed by atoms with E-state index in [9.17, 15) is 22.0 Å². The molecular weight excluding hydrogens is 445 g/mol. The number of halogens is 2. The molecule has 8 nitrogen and oxygen atoms in total. The van der Waals surface area contributed by atoms with Crippen molar-refractivity contribution in [3.05, 3.63) is 71.3 Å². The lowest BCUT2D eigenvalue weighted by molar-refractivity contribution is -0.286. The molecule has 0 aliphatic carbocycles. The molecule has 1 unspecified atom stereocenters. The van der Waals surface area contributed by atoms with Crippen molar-refractivity contribution in [1.29, 1.82) is 0 Å². The molecule has 32 heavy (non-hydrogen) atoms. The van der Waals surface area contributed by atoms with Crippen LogP contribution in [-0.2, 0) is 33.9 Å². The number of benzene rings is 2. The monoisotopic (exact) mass is 461 g/mol. The summed E-state index contributed by atoms with van der Waals surface area (Å²) in [5, 5.41) is 0. The van der Waals surface area contributed by atoms with Crippen LogP contribution in [0.5, 0.6) is 11.5 Å².